The first-order chi connectivity index (χ1) is 6.84. The number of thiophene rings is 1. The molecule has 2 heterocycles. The Bertz CT molecular complexity index is 283. The van der Waals surface area contributed by atoms with Gasteiger partial charge in [0.15, 0.2) is 0 Å². The fourth-order valence-corrected chi connectivity index (χ4v) is 2.60. The molecule has 1 aromatic rings. The average Bonchev–Trinajstić information content (AvgIpc) is 2.63. The molecule has 14 heavy (non-hydrogen) atoms. The van der Waals surface area contributed by atoms with Gasteiger partial charge in [0.1, 0.15) is 0 Å². The minimum Gasteiger partial charge on any atom is -0.371 e. The normalized spacial score (nSPS) is 22.5. The van der Waals surface area contributed by atoms with Crippen molar-refractivity contribution in [3.8, 4) is 0 Å². The summed E-state index contributed by atoms with van der Waals surface area (Å²) in [6.45, 7) is 2.81. The van der Waals surface area contributed by atoms with Gasteiger partial charge in [0.05, 0.1) is 17.0 Å². The van der Waals surface area contributed by atoms with Crippen LogP contribution < -0.4 is 5.32 Å². The molecule has 0 aliphatic carbocycles. The third kappa shape index (κ3) is 2.95. The van der Waals surface area contributed by atoms with Crippen molar-refractivity contribution in [3.05, 3.63) is 21.3 Å². The zero-order valence-electron chi connectivity index (χ0n) is 7.96. The molecule has 0 saturated carbocycles. The quantitative estimate of drug-likeness (QED) is 0.864. The lowest BCUT2D eigenvalue weighted by Crippen LogP contribution is -2.35. The first-order valence-corrected chi connectivity index (χ1v) is 6.10. The summed E-state index contributed by atoms with van der Waals surface area (Å²) in [5.41, 5.74) is 0. The molecule has 1 N–H and O–H groups in total. The molecule has 1 aliphatic rings. The van der Waals surface area contributed by atoms with Crippen LogP contribution in [0.25, 0.3) is 0 Å². The fraction of sp³-hybridized carbons (Fsp3) is 0.600. The standard InChI is InChI=1S/C10H14ClNOS/c11-10-4-3-9(14-10)7-13-8-2-1-5-12-6-8/h3-4,8,12H,1-2,5-7H2. The van der Waals surface area contributed by atoms with E-state index in [1.807, 2.05) is 12.1 Å². The lowest BCUT2D eigenvalue weighted by Gasteiger charge is -2.22. The van der Waals surface area contributed by atoms with Crippen LogP contribution in [-0.2, 0) is 11.3 Å². The number of halogens is 1. The third-order valence-corrected chi connectivity index (χ3v) is 3.55. The number of hydrogen-bond acceptors (Lipinski definition) is 3. The Morgan fingerprint density at radius 1 is 1.57 bits per heavy atom. The maximum atomic E-state index is 5.83. The number of ether oxygens (including phenoxy) is 1. The van der Waals surface area contributed by atoms with E-state index in [2.05, 4.69) is 5.32 Å². The minimum absolute atomic E-state index is 0.379. The van der Waals surface area contributed by atoms with E-state index in [1.165, 1.54) is 17.7 Å². The zero-order chi connectivity index (χ0) is 9.80. The van der Waals surface area contributed by atoms with Gasteiger partial charge < -0.3 is 10.1 Å². The third-order valence-electron chi connectivity index (χ3n) is 2.34. The van der Waals surface area contributed by atoms with E-state index in [0.717, 1.165) is 17.4 Å². The highest BCUT2D eigenvalue weighted by atomic mass is 35.5. The lowest BCUT2D eigenvalue weighted by atomic mass is 10.1. The number of piperidine rings is 1. The Labute approximate surface area is 93.2 Å². The van der Waals surface area contributed by atoms with Crippen LogP contribution in [0.1, 0.15) is 17.7 Å². The van der Waals surface area contributed by atoms with Gasteiger partial charge in [0.25, 0.3) is 0 Å². The van der Waals surface area contributed by atoms with Crippen molar-refractivity contribution in [1.82, 2.24) is 5.32 Å². The smallest absolute Gasteiger partial charge is 0.0932 e. The number of nitrogens with one attached hydrogen (secondary N) is 1. The zero-order valence-corrected chi connectivity index (χ0v) is 9.53. The Morgan fingerprint density at radius 3 is 3.14 bits per heavy atom. The topological polar surface area (TPSA) is 21.3 Å². The van der Waals surface area contributed by atoms with Gasteiger partial charge in [0, 0.05) is 11.4 Å². The van der Waals surface area contributed by atoms with Crippen LogP contribution >= 0.6 is 22.9 Å². The Hall–Kier alpha value is -0.0900. The van der Waals surface area contributed by atoms with Gasteiger partial charge in [-0.3, -0.25) is 0 Å². The summed E-state index contributed by atoms with van der Waals surface area (Å²) in [7, 11) is 0. The molecular weight excluding hydrogens is 218 g/mol. The molecule has 2 rings (SSSR count). The first kappa shape index (κ1) is 10.4. The van der Waals surface area contributed by atoms with Gasteiger partial charge in [-0.1, -0.05) is 11.6 Å². The molecule has 1 aromatic heterocycles. The molecule has 78 valence electrons. The lowest BCUT2D eigenvalue weighted by molar-refractivity contribution is 0.0267. The monoisotopic (exact) mass is 231 g/mol. The first-order valence-electron chi connectivity index (χ1n) is 4.91. The van der Waals surface area contributed by atoms with Crippen LogP contribution in [0.4, 0.5) is 0 Å². The van der Waals surface area contributed by atoms with Gasteiger partial charge in [-0.15, -0.1) is 11.3 Å². The SMILES string of the molecule is Clc1ccc(COC2CCCNC2)s1. The van der Waals surface area contributed by atoms with Gasteiger partial charge in [-0.05, 0) is 31.5 Å². The van der Waals surface area contributed by atoms with Crippen molar-refractivity contribution in [2.75, 3.05) is 13.1 Å². The highest BCUT2D eigenvalue weighted by Crippen LogP contribution is 2.22. The van der Waals surface area contributed by atoms with E-state index in [-0.39, 0.29) is 0 Å². The van der Waals surface area contributed by atoms with Gasteiger partial charge >= 0.3 is 0 Å². The summed E-state index contributed by atoms with van der Waals surface area (Å²) in [5, 5.41) is 3.33. The summed E-state index contributed by atoms with van der Waals surface area (Å²) >= 11 is 7.43. The maximum Gasteiger partial charge on any atom is 0.0932 e. The molecular formula is C10H14ClNOS. The molecule has 1 unspecified atom stereocenters. The van der Waals surface area contributed by atoms with Crippen LogP contribution in [0, 0.1) is 0 Å². The summed E-state index contributed by atoms with van der Waals surface area (Å²) < 4.78 is 6.61. The predicted octanol–water partition coefficient (Wildman–Crippen LogP) is 2.67. The molecule has 2 nitrogen and oxygen atoms in total. The van der Waals surface area contributed by atoms with Crippen molar-refractivity contribution in [1.29, 1.82) is 0 Å². The van der Waals surface area contributed by atoms with Crippen molar-refractivity contribution in [2.24, 2.45) is 0 Å². The molecule has 1 aliphatic heterocycles. The molecule has 0 amide bonds. The Morgan fingerprint density at radius 2 is 2.50 bits per heavy atom. The van der Waals surface area contributed by atoms with Gasteiger partial charge in [0.2, 0.25) is 0 Å². The van der Waals surface area contributed by atoms with Crippen molar-refractivity contribution in [3.63, 3.8) is 0 Å². The van der Waals surface area contributed by atoms with Crippen LogP contribution in [0.2, 0.25) is 4.34 Å². The highest BCUT2D eigenvalue weighted by Gasteiger charge is 2.13. The summed E-state index contributed by atoms with van der Waals surface area (Å²) in [5.74, 6) is 0. The highest BCUT2D eigenvalue weighted by molar-refractivity contribution is 7.16. The van der Waals surface area contributed by atoms with Gasteiger partial charge in [-0.25, -0.2) is 0 Å². The second-order valence-electron chi connectivity index (χ2n) is 3.49. The second-order valence-corrected chi connectivity index (χ2v) is 5.28. The molecule has 1 atom stereocenters. The molecule has 0 aromatic carbocycles. The van der Waals surface area contributed by atoms with Crippen molar-refractivity contribution >= 4 is 22.9 Å². The van der Waals surface area contributed by atoms with E-state index in [0.29, 0.717) is 12.7 Å². The van der Waals surface area contributed by atoms with E-state index >= 15 is 0 Å². The summed E-state index contributed by atoms with van der Waals surface area (Å²) in [6, 6.07) is 3.95. The molecule has 4 heteroatoms. The van der Waals surface area contributed by atoms with E-state index in [1.54, 1.807) is 11.3 Å². The molecule has 1 fully saturated rings. The average molecular weight is 232 g/mol. The second kappa shape index (κ2) is 5.12. The Kier molecular flexibility index (Phi) is 3.81. The molecule has 1 saturated heterocycles. The van der Waals surface area contributed by atoms with Gasteiger partial charge in [-0.2, -0.15) is 0 Å². The van der Waals surface area contributed by atoms with E-state index in [4.69, 9.17) is 16.3 Å². The fourth-order valence-electron chi connectivity index (χ4n) is 1.59. The maximum absolute atomic E-state index is 5.83. The van der Waals surface area contributed by atoms with E-state index < -0.39 is 0 Å². The molecule has 0 radical (unpaired) electrons. The van der Waals surface area contributed by atoms with Crippen LogP contribution in [0.5, 0.6) is 0 Å². The van der Waals surface area contributed by atoms with Crippen molar-refractivity contribution < 1.29 is 4.74 Å². The summed E-state index contributed by atoms with van der Waals surface area (Å²) in [4.78, 5) is 1.21. The Balaban J connectivity index is 1.76. The van der Waals surface area contributed by atoms with Crippen molar-refractivity contribution in [2.45, 2.75) is 25.6 Å². The summed E-state index contributed by atoms with van der Waals surface area (Å²) in [6.07, 6.45) is 2.77. The largest absolute Gasteiger partial charge is 0.371 e. The van der Waals surface area contributed by atoms with Crippen LogP contribution in [0.15, 0.2) is 12.1 Å². The van der Waals surface area contributed by atoms with E-state index in [9.17, 15) is 0 Å². The number of rotatable bonds is 3. The molecule has 0 bridgehead atoms. The van der Waals surface area contributed by atoms with Crippen LogP contribution in [-0.4, -0.2) is 19.2 Å². The minimum atomic E-state index is 0.379. The predicted molar refractivity (Wildman–Crippen MR) is 60.0 cm³/mol. The molecule has 0 spiro atoms. The van der Waals surface area contributed by atoms with Crippen LogP contribution in [0.3, 0.4) is 0 Å². The number of hydrogen-bond donors (Lipinski definition) is 1.